The molecule has 138 valence electrons. The van der Waals surface area contributed by atoms with E-state index in [-0.39, 0.29) is 30.4 Å². The van der Waals surface area contributed by atoms with E-state index in [1.165, 1.54) is 7.11 Å². The van der Waals surface area contributed by atoms with E-state index in [0.29, 0.717) is 30.0 Å². The number of amides is 2. The van der Waals surface area contributed by atoms with E-state index in [9.17, 15) is 9.59 Å². The van der Waals surface area contributed by atoms with Gasteiger partial charge >= 0.3 is 0 Å². The lowest BCUT2D eigenvalue weighted by Crippen LogP contribution is -2.38. The van der Waals surface area contributed by atoms with E-state index in [2.05, 4.69) is 26.3 Å². The molecule has 2 amide bonds. The maximum Gasteiger partial charge on any atom is 0.255 e. The summed E-state index contributed by atoms with van der Waals surface area (Å²) in [5, 5.41) is 16.8. The first kappa shape index (κ1) is 17.9. The van der Waals surface area contributed by atoms with Crippen LogP contribution in [0.15, 0.2) is 30.5 Å². The van der Waals surface area contributed by atoms with Crippen molar-refractivity contribution in [1.82, 2.24) is 30.9 Å². The quantitative estimate of drug-likeness (QED) is 0.663. The number of hydrogen-bond donors (Lipinski definition) is 3. The van der Waals surface area contributed by atoms with Gasteiger partial charge in [-0.2, -0.15) is 0 Å². The minimum Gasteiger partial charge on any atom is -0.496 e. The first-order chi connectivity index (χ1) is 12.6. The molecule has 0 spiro atoms. The van der Waals surface area contributed by atoms with Gasteiger partial charge in [0.05, 0.1) is 37.5 Å². The van der Waals surface area contributed by atoms with E-state index < -0.39 is 0 Å². The van der Waals surface area contributed by atoms with Crippen LogP contribution in [0.2, 0.25) is 0 Å². The lowest BCUT2D eigenvalue weighted by atomic mass is 10.1. The maximum atomic E-state index is 12.3. The zero-order valence-corrected chi connectivity index (χ0v) is 14.7. The van der Waals surface area contributed by atoms with Gasteiger partial charge in [-0.1, -0.05) is 17.3 Å². The molecule has 1 saturated heterocycles. The summed E-state index contributed by atoms with van der Waals surface area (Å²) in [4.78, 5) is 24.0. The number of methoxy groups -OCH3 is 1. The molecule has 1 aliphatic rings. The van der Waals surface area contributed by atoms with Gasteiger partial charge in [-0.05, 0) is 18.6 Å². The van der Waals surface area contributed by atoms with E-state index in [4.69, 9.17) is 4.74 Å². The first-order valence-corrected chi connectivity index (χ1v) is 8.39. The maximum absolute atomic E-state index is 12.3. The molecule has 26 heavy (non-hydrogen) atoms. The Hall–Kier alpha value is -2.94. The topological polar surface area (TPSA) is 110 Å². The molecule has 1 fully saturated rings. The number of rotatable bonds is 6. The van der Waals surface area contributed by atoms with Crippen molar-refractivity contribution in [1.29, 1.82) is 0 Å². The molecule has 2 heterocycles. The molecule has 1 aromatic carbocycles. The third kappa shape index (κ3) is 3.83. The summed E-state index contributed by atoms with van der Waals surface area (Å²) in [7, 11) is 3.15. The number of nitrogens with zero attached hydrogens (tertiary/aromatic N) is 3. The Morgan fingerprint density at radius 1 is 1.38 bits per heavy atom. The van der Waals surface area contributed by atoms with Crippen LogP contribution in [0.1, 0.15) is 28.5 Å². The summed E-state index contributed by atoms with van der Waals surface area (Å²) >= 11 is 0. The number of carbonyl (C=O) groups is 2. The smallest absolute Gasteiger partial charge is 0.255 e. The van der Waals surface area contributed by atoms with Crippen LogP contribution in [0.3, 0.4) is 0 Å². The van der Waals surface area contributed by atoms with Crippen molar-refractivity contribution in [3.63, 3.8) is 0 Å². The molecule has 0 radical (unpaired) electrons. The van der Waals surface area contributed by atoms with Crippen molar-refractivity contribution in [2.75, 3.05) is 20.7 Å². The summed E-state index contributed by atoms with van der Waals surface area (Å²) in [6.07, 6.45) is 2.44. The molecular formula is C17H22N6O3. The molecule has 0 bridgehead atoms. The van der Waals surface area contributed by atoms with E-state index in [0.717, 1.165) is 0 Å². The second kappa shape index (κ2) is 7.96. The van der Waals surface area contributed by atoms with Gasteiger partial charge < -0.3 is 20.7 Å². The Morgan fingerprint density at radius 2 is 2.19 bits per heavy atom. The third-order valence-electron chi connectivity index (χ3n) is 4.38. The van der Waals surface area contributed by atoms with Gasteiger partial charge in [0.2, 0.25) is 5.91 Å². The van der Waals surface area contributed by atoms with Gasteiger partial charge in [-0.3, -0.25) is 9.59 Å². The Kier molecular flexibility index (Phi) is 5.47. The molecule has 0 unspecified atom stereocenters. The number of para-hydroxylation sites is 1. The second-order valence-electron chi connectivity index (χ2n) is 6.04. The molecule has 3 N–H and O–H groups in total. The van der Waals surface area contributed by atoms with Crippen LogP contribution < -0.4 is 20.7 Å². The zero-order chi connectivity index (χ0) is 18.5. The van der Waals surface area contributed by atoms with E-state index >= 15 is 0 Å². The van der Waals surface area contributed by atoms with Crippen LogP contribution in [0, 0.1) is 0 Å². The number of aromatic nitrogens is 3. The predicted molar refractivity (Wildman–Crippen MR) is 93.7 cm³/mol. The summed E-state index contributed by atoms with van der Waals surface area (Å²) in [6, 6.07) is 6.87. The SMILES string of the molecule is CNC(=O)[C@@H]1C[C@H](n2cc(CNC(=O)c3ccccc3OC)nn2)CN1. The third-order valence-corrected chi connectivity index (χ3v) is 4.38. The second-order valence-corrected chi connectivity index (χ2v) is 6.04. The average Bonchev–Trinajstić information content (AvgIpc) is 3.34. The number of hydrogen-bond acceptors (Lipinski definition) is 6. The highest BCUT2D eigenvalue weighted by Crippen LogP contribution is 2.19. The Balaban J connectivity index is 1.57. The number of nitrogens with one attached hydrogen (secondary N) is 3. The van der Waals surface area contributed by atoms with Crippen molar-refractivity contribution >= 4 is 11.8 Å². The van der Waals surface area contributed by atoms with Gasteiger partial charge in [0.15, 0.2) is 0 Å². The highest BCUT2D eigenvalue weighted by Gasteiger charge is 2.30. The van der Waals surface area contributed by atoms with E-state index in [1.54, 1.807) is 36.1 Å². The number of likely N-dealkylation sites (N-methyl/N-ethyl adjacent to an activating group) is 1. The largest absolute Gasteiger partial charge is 0.496 e. The van der Waals surface area contributed by atoms with Gasteiger partial charge in [0, 0.05) is 13.6 Å². The van der Waals surface area contributed by atoms with Gasteiger partial charge in [-0.15, -0.1) is 5.10 Å². The molecule has 3 rings (SSSR count). The minimum atomic E-state index is -0.237. The van der Waals surface area contributed by atoms with E-state index in [1.807, 2.05) is 6.07 Å². The van der Waals surface area contributed by atoms with Crippen LogP contribution in [0.25, 0.3) is 0 Å². The summed E-state index contributed by atoms with van der Waals surface area (Å²) < 4.78 is 6.93. The molecule has 9 nitrogen and oxygen atoms in total. The van der Waals surface area contributed by atoms with Crippen LogP contribution in [-0.2, 0) is 11.3 Å². The van der Waals surface area contributed by atoms with Crippen molar-refractivity contribution in [3.05, 3.63) is 41.7 Å². The van der Waals surface area contributed by atoms with Crippen LogP contribution in [0.4, 0.5) is 0 Å². The number of benzene rings is 1. The van der Waals surface area contributed by atoms with Crippen LogP contribution in [-0.4, -0.2) is 53.6 Å². The predicted octanol–water partition coefficient (Wildman–Crippen LogP) is -0.134. The molecule has 0 saturated carbocycles. The Bertz CT molecular complexity index is 790. The lowest BCUT2D eigenvalue weighted by Gasteiger charge is -2.09. The molecule has 0 aliphatic carbocycles. The van der Waals surface area contributed by atoms with Crippen molar-refractivity contribution in [3.8, 4) is 5.75 Å². The summed E-state index contributed by atoms with van der Waals surface area (Å²) in [5.74, 6) is 0.252. The van der Waals surface area contributed by atoms with Crippen LogP contribution in [0.5, 0.6) is 5.75 Å². The summed E-state index contributed by atoms with van der Waals surface area (Å²) in [6.45, 7) is 0.907. The van der Waals surface area contributed by atoms with Crippen LogP contribution >= 0.6 is 0 Å². The zero-order valence-electron chi connectivity index (χ0n) is 14.7. The van der Waals surface area contributed by atoms with Crippen molar-refractivity contribution in [2.24, 2.45) is 0 Å². The fraction of sp³-hybridized carbons (Fsp3) is 0.412. The Labute approximate surface area is 151 Å². The van der Waals surface area contributed by atoms with Crippen molar-refractivity contribution < 1.29 is 14.3 Å². The average molecular weight is 358 g/mol. The molecular weight excluding hydrogens is 336 g/mol. The Morgan fingerprint density at radius 3 is 2.96 bits per heavy atom. The summed E-state index contributed by atoms with van der Waals surface area (Å²) in [5.41, 5.74) is 1.12. The monoisotopic (exact) mass is 358 g/mol. The van der Waals surface area contributed by atoms with Gasteiger partial charge in [0.1, 0.15) is 11.4 Å². The highest BCUT2D eigenvalue weighted by molar-refractivity contribution is 5.96. The number of carbonyl (C=O) groups excluding carboxylic acids is 2. The van der Waals surface area contributed by atoms with Gasteiger partial charge in [-0.25, -0.2) is 4.68 Å². The molecule has 9 heteroatoms. The lowest BCUT2D eigenvalue weighted by molar-refractivity contribution is -0.122. The highest BCUT2D eigenvalue weighted by atomic mass is 16.5. The first-order valence-electron chi connectivity index (χ1n) is 8.39. The fourth-order valence-electron chi connectivity index (χ4n) is 2.96. The molecule has 2 atom stereocenters. The molecule has 2 aromatic rings. The fourth-order valence-corrected chi connectivity index (χ4v) is 2.96. The standard InChI is InChI=1S/C17H22N6O3/c1-18-17(25)14-7-12(9-19-14)23-10-11(21-22-23)8-20-16(24)13-5-3-4-6-15(13)26-2/h3-6,10,12,14,19H,7-9H2,1-2H3,(H,18,25)(H,20,24)/t12-,14-/m0/s1. The van der Waals surface area contributed by atoms with Crippen molar-refractivity contribution in [2.45, 2.75) is 25.0 Å². The number of ether oxygens (including phenoxy) is 1. The molecule has 1 aromatic heterocycles. The normalized spacial score (nSPS) is 19.2. The molecule has 1 aliphatic heterocycles. The minimum absolute atomic E-state index is 0.0306. The van der Waals surface area contributed by atoms with Gasteiger partial charge in [0.25, 0.3) is 5.91 Å².